The zero-order chi connectivity index (χ0) is 23.6. The monoisotopic (exact) mass is 476 g/mol. The molecule has 8 nitrogen and oxygen atoms in total. The highest BCUT2D eigenvalue weighted by Gasteiger charge is 2.57. The fourth-order valence-electron chi connectivity index (χ4n) is 3.26. The van der Waals surface area contributed by atoms with Crippen LogP contribution in [0.1, 0.15) is 22.7 Å². The van der Waals surface area contributed by atoms with Crippen molar-refractivity contribution < 1.29 is 23.1 Å². The van der Waals surface area contributed by atoms with Crippen molar-refractivity contribution in [1.82, 2.24) is 29.6 Å². The number of aryl methyl sites for hydroxylation is 1. The number of alkyl halides is 3. The van der Waals surface area contributed by atoms with Crippen molar-refractivity contribution in [3.8, 4) is 16.3 Å². The molecule has 3 aromatic heterocycles. The van der Waals surface area contributed by atoms with Crippen molar-refractivity contribution in [3.63, 3.8) is 0 Å². The van der Waals surface area contributed by atoms with Crippen LogP contribution in [0.2, 0.25) is 0 Å². The van der Waals surface area contributed by atoms with Gasteiger partial charge in [0.15, 0.2) is 0 Å². The third-order valence-electron chi connectivity index (χ3n) is 5.02. The van der Waals surface area contributed by atoms with Crippen molar-refractivity contribution in [2.45, 2.75) is 18.2 Å². The molecule has 0 aliphatic heterocycles. The molecule has 0 fully saturated rings. The Morgan fingerprint density at radius 1 is 1.24 bits per heavy atom. The third-order valence-corrected chi connectivity index (χ3v) is 5.91. The van der Waals surface area contributed by atoms with E-state index >= 15 is 0 Å². The number of carbonyl (C=O) groups excluding carboxylic acids is 1. The Morgan fingerprint density at radius 2 is 2.00 bits per heavy atom. The number of imidazole rings is 1. The van der Waals surface area contributed by atoms with Gasteiger partial charge in [-0.1, -0.05) is 18.2 Å². The molecule has 1 amide bonds. The number of aromatic nitrogens is 5. The number of halogens is 3. The van der Waals surface area contributed by atoms with Crippen LogP contribution in [0, 0.1) is 0 Å². The molecule has 0 aliphatic carbocycles. The Bertz CT molecular complexity index is 1250. The van der Waals surface area contributed by atoms with Crippen LogP contribution in [0.25, 0.3) is 16.3 Å². The summed E-state index contributed by atoms with van der Waals surface area (Å²) in [4.78, 5) is 20.3. The van der Waals surface area contributed by atoms with Crippen LogP contribution in [-0.4, -0.2) is 48.1 Å². The summed E-state index contributed by atoms with van der Waals surface area (Å²) in [5.41, 5.74) is -1.57. The molecule has 1 atom stereocenters. The molecular weight excluding hydrogens is 457 g/mol. The summed E-state index contributed by atoms with van der Waals surface area (Å²) in [6.45, 7) is -0.430. The third kappa shape index (κ3) is 4.52. The molecule has 4 aromatic rings. The minimum absolute atomic E-state index is 0.0648. The number of amides is 1. The minimum atomic E-state index is -4.97. The quantitative estimate of drug-likeness (QED) is 0.427. The standard InChI is InChI=1S/C21H19F3N6O2S/c1-29-10-9-26-19(29)20(32,21(22,23)24)7-8-25-17(31)16-13-33-18(28-16)14-11-27-30(12-14)15-5-3-2-4-6-15/h2-6,9-13,32H,7-8H2,1H3,(H,25,31). The lowest BCUT2D eigenvalue weighted by Gasteiger charge is -2.29. The van der Waals surface area contributed by atoms with Crippen molar-refractivity contribution in [2.24, 2.45) is 7.05 Å². The number of nitrogens with one attached hydrogen (secondary N) is 1. The normalized spacial score (nSPS) is 13.6. The summed E-state index contributed by atoms with van der Waals surface area (Å²) in [5.74, 6) is -1.19. The van der Waals surface area contributed by atoms with Crippen LogP contribution in [0.15, 0.2) is 60.5 Å². The van der Waals surface area contributed by atoms with E-state index in [-0.39, 0.29) is 5.69 Å². The van der Waals surface area contributed by atoms with Gasteiger partial charge in [0.1, 0.15) is 16.5 Å². The van der Waals surface area contributed by atoms with E-state index in [2.05, 4.69) is 20.4 Å². The molecule has 12 heteroatoms. The first-order valence-electron chi connectivity index (χ1n) is 9.80. The van der Waals surface area contributed by atoms with Gasteiger partial charge in [-0.2, -0.15) is 18.3 Å². The number of hydrogen-bond donors (Lipinski definition) is 2. The van der Waals surface area contributed by atoms with Gasteiger partial charge in [-0.25, -0.2) is 14.6 Å². The molecule has 0 spiro atoms. The molecule has 0 aliphatic rings. The van der Waals surface area contributed by atoms with Gasteiger partial charge < -0.3 is 15.0 Å². The van der Waals surface area contributed by atoms with Crippen LogP contribution < -0.4 is 5.32 Å². The number of para-hydroxylation sites is 1. The highest BCUT2D eigenvalue weighted by Crippen LogP contribution is 2.40. The van der Waals surface area contributed by atoms with E-state index in [1.807, 2.05) is 30.3 Å². The van der Waals surface area contributed by atoms with Crippen molar-refractivity contribution in [1.29, 1.82) is 0 Å². The maximum absolute atomic E-state index is 13.6. The Balaban J connectivity index is 1.42. The second-order valence-corrected chi connectivity index (χ2v) is 8.13. The van der Waals surface area contributed by atoms with Gasteiger partial charge in [-0.15, -0.1) is 11.3 Å². The molecule has 3 heterocycles. The Kier molecular flexibility index (Phi) is 6.04. The van der Waals surface area contributed by atoms with Crippen molar-refractivity contribution in [2.75, 3.05) is 6.54 Å². The molecule has 1 aromatic carbocycles. The second kappa shape index (κ2) is 8.79. The maximum atomic E-state index is 13.6. The molecular formula is C21H19F3N6O2S. The maximum Gasteiger partial charge on any atom is 0.424 e. The van der Waals surface area contributed by atoms with Crippen molar-refractivity contribution >= 4 is 17.2 Å². The molecule has 33 heavy (non-hydrogen) atoms. The van der Waals surface area contributed by atoms with Crippen LogP contribution >= 0.6 is 11.3 Å². The summed E-state index contributed by atoms with van der Waals surface area (Å²) in [5, 5.41) is 19.1. The fourth-order valence-corrected chi connectivity index (χ4v) is 4.03. The summed E-state index contributed by atoms with van der Waals surface area (Å²) in [7, 11) is 1.36. The number of aliphatic hydroxyl groups is 1. The van der Waals surface area contributed by atoms with Crippen LogP contribution in [0.3, 0.4) is 0 Å². The topological polar surface area (TPSA) is 97.9 Å². The minimum Gasteiger partial charge on any atom is -0.374 e. The smallest absolute Gasteiger partial charge is 0.374 e. The van der Waals surface area contributed by atoms with E-state index in [0.29, 0.717) is 10.6 Å². The van der Waals surface area contributed by atoms with Crippen LogP contribution in [0.4, 0.5) is 13.2 Å². The summed E-state index contributed by atoms with van der Waals surface area (Å²) >= 11 is 1.21. The zero-order valence-corrected chi connectivity index (χ0v) is 18.1. The van der Waals surface area contributed by atoms with Gasteiger partial charge in [0.05, 0.1) is 11.9 Å². The second-order valence-electron chi connectivity index (χ2n) is 7.27. The predicted octanol–water partition coefficient (Wildman–Crippen LogP) is 3.30. The summed E-state index contributed by atoms with van der Waals surface area (Å²) in [6, 6.07) is 9.45. The zero-order valence-electron chi connectivity index (χ0n) is 17.3. The van der Waals surface area contributed by atoms with E-state index in [1.54, 1.807) is 17.1 Å². The highest BCUT2D eigenvalue weighted by molar-refractivity contribution is 7.13. The molecule has 4 rings (SSSR count). The SMILES string of the molecule is Cn1ccnc1C(O)(CCNC(=O)c1csc(-c2cnn(-c3ccccc3)c2)n1)C(F)(F)F. The highest BCUT2D eigenvalue weighted by atomic mass is 32.1. The lowest BCUT2D eigenvalue weighted by Crippen LogP contribution is -2.46. The molecule has 0 radical (unpaired) electrons. The average Bonchev–Trinajstić information content (AvgIpc) is 3.53. The van der Waals surface area contributed by atoms with Gasteiger partial charge in [0.25, 0.3) is 5.91 Å². The van der Waals surface area contributed by atoms with E-state index in [1.165, 1.54) is 36.2 Å². The van der Waals surface area contributed by atoms with Crippen LogP contribution in [0.5, 0.6) is 0 Å². The molecule has 172 valence electrons. The van der Waals surface area contributed by atoms with E-state index in [9.17, 15) is 23.1 Å². The number of nitrogens with zero attached hydrogens (tertiary/aromatic N) is 5. The Labute approximate surface area is 190 Å². The molecule has 0 bridgehead atoms. The van der Waals surface area contributed by atoms with Gasteiger partial charge in [-0.3, -0.25) is 4.79 Å². The molecule has 0 saturated carbocycles. The number of thiazole rings is 1. The van der Waals surface area contributed by atoms with E-state index in [0.717, 1.165) is 10.3 Å². The Morgan fingerprint density at radius 3 is 2.67 bits per heavy atom. The number of rotatable bonds is 7. The number of benzene rings is 1. The van der Waals surface area contributed by atoms with Gasteiger partial charge in [0, 0.05) is 49.5 Å². The lowest BCUT2D eigenvalue weighted by atomic mass is 9.97. The molecule has 1 unspecified atom stereocenters. The van der Waals surface area contributed by atoms with Gasteiger partial charge in [-0.05, 0) is 12.1 Å². The van der Waals surface area contributed by atoms with Crippen molar-refractivity contribution in [3.05, 3.63) is 72.0 Å². The molecule has 0 saturated heterocycles. The van der Waals surface area contributed by atoms with Crippen LogP contribution in [-0.2, 0) is 12.6 Å². The lowest BCUT2D eigenvalue weighted by molar-refractivity contribution is -0.272. The summed E-state index contributed by atoms with van der Waals surface area (Å²) < 4.78 is 43.5. The Hall–Kier alpha value is -3.51. The number of hydrogen-bond acceptors (Lipinski definition) is 6. The molecule has 2 N–H and O–H groups in total. The predicted molar refractivity (Wildman–Crippen MR) is 115 cm³/mol. The van der Waals surface area contributed by atoms with E-state index in [4.69, 9.17) is 0 Å². The van der Waals surface area contributed by atoms with Gasteiger partial charge >= 0.3 is 6.18 Å². The first kappa shape index (κ1) is 22.7. The number of carbonyl (C=O) groups is 1. The first-order chi connectivity index (χ1) is 15.7. The first-order valence-corrected chi connectivity index (χ1v) is 10.7. The van der Waals surface area contributed by atoms with E-state index < -0.39 is 36.5 Å². The fraction of sp³-hybridized carbons (Fsp3) is 0.238. The average molecular weight is 476 g/mol. The summed E-state index contributed by atoms with van der Waals surface area (Å²) in [6.07, 6.45) is 0.0934. The largest absolute Gasteiger partial charge is 0.424 e. The van der Waals surface area contributed by atoms with Gasteiger partial charge in [0.2, 0.25) is 5.60 Å².